The predicted molar refractivity (Wildman–Crippen MR) is 84.8 cm³/mol. The average Bonchev–Trinajstić information content (AvgIpc) is 2.33. The van der Waals surface area contributed by atoms with Crippen LogP contribution in [-0.4, -0.2) is 62.3 Å². The van der Waals surface area contributed by atoms with Crippen molar-refractivity contribution < 1.29 is 4.74 Å². The number of nitrogens with zero attached hydrogens (tertiary/aromatic N) is 2. The molecule has 0 spiro atoms. The summed E-state index contributed by atoms with van der Waals surface area (Å²) >= 11 is 0. The van der Waals surface area contributed by atoms with Gasteiger partial charge in [0.1, 0.15) is 0 Å². The Morgan fingerprint density at radius 2 is 1.16 bits per heavy atom. The molecule has 0 rings (SSSR count). The summed E-state index contributed by atoms with van der Waals surface area (Å²) in [7, 11) is 4.38. The number of rotatable bonds is 12. The van der Waals surface area contributed by atoms with Gasteiger partial charge in [0.05, 0.1) is 12.2 Å². The van der Waals surface area contributed by atoms with Crippen molar-refractivity contribution in [3.8, 4) is 0 Å². The van der Waals surface area contributed by atoms with Gasteiger partial charge in [-0.05, 0) is 53.9 Å². The largest absolute Gasteiger partial charge is 0.373 e. The third-order valence-corrected chi connectivity index (χ3v) is 3.39. The molecule has 0 aliphatic rings. The van der Waals surface area contributed by atoms with Crippen LogP contribution in [0.15, 0.2) is 0 Å². The minimum absolute atomic E-state index is 0.316. The maximum absolute atomic E-state index is 6.07. The summed E-state index contributed by atoms with van der Waals surface area (Å²) in [4.78, 5) is 4.75. The van der Waals surface area contributed by atoms with Gasteiger partial charge in [-0.2, -0.15) is 0 Å². The Hall–Kier alpha value is -0.120. The Labute approximate surface area is 121 Å². The molecule has 0 saturated heterocycles. The lowest BCUT2D eigenvalue weighted by Crippen LogP contribution is -2.36. The highest BCUT2D eigenvalue weighted by Gasteiger charge is 2.12. The molecular weight excluding hydrogens is 236 g/mol. The minimum Gasteiger partial charge on any atom is -0.373 e. The first-order chi connectivity index (χ1) is 8.99. The molecule has 0 aliphatic carbocycles. The van der Waals surface area contributed by atoms with Crippen molar-refractivity contribution in [3.63, 3.8) is 0 Å². The van der Waals surface area contributed by atoms with E-state index >= 15 is 0 Å². The van der Waals surface area contributed by atoms with E-state index in [1.807, 2.05) is 0 Å². The lowest BCUT2D eigenvalue weighted by Gasteiger charge is -2.27. The molecule has 0 N–H and O–H groups in total. The van der Waals surface area contributed by atoms with Gasteiger partial charge in [-0.25, -0.2) is 0 Å². The van der Waals surface area contributed by atoms with Crippen molar-refractivity contribution in [2.45, 2.75) is 65.6 Å². The number of hydrogen-bond donors (Lipinski definition) is 0. The highest BCUT2D eigenvalue weighted by molar-refractivity contribution is 4.64. The van der Waals surface area contributed by atoms with Gasteiger partial charge in [0, 0.05) is 13.1 Å². The third-order valence-electron chi connectivity index (χ3n) is 3.39. The maximum Gasteiger partial charge on any atom is 0.0678 e. The van der Waals surface area contributed by atoms with Crippen molar-refractivity contribution in [2.75, 3.05) is 40.3 Å². The molecule has 19 heavy (non-hydrogen) atoms. The zero-order valence-corrected chi connectivity index (χ0v) is 14.1. The van der Waals surface area contributed by atoms with Crippen LogP contribution >= 0.6 is 0 Å². The van der Waals surface area contributed by atoms with Crippen molar-refractivity contribution in [3.05, 3.63) is 0 Å². The second kappa shape index (κ2) is 11.7. The van der Waals surface area contributed by atoms with Crippen LogP contribution in [0, 0.1) is 0 Å². The Morgan fingerprint density at radius 3 is 1.47 bits per heavy atom. The van der Waals surface area contributed by atoms with E-state index in [2.05, 4.69) is 51.6 Å². The fourth-order valence-electron chi connectivity index (χ4n) is 2.40. The van der Waals surface area contributed by atoms with Crippen LogP contribution in [0.2, 0.25) is 0 Å². The molecule has 0 heterocycles. The molecule has 0 saturated carbocycles. The zero-order chi connectivity index (χ0) is 14.7. The molecule has 0 fully saturated rings. The second-order valence-electron chi connectivity index (χ2n) is 5.99. The first kappa shape index (κ1) is 18.9. The fraction of sp³-hybridized carbons (Fsp3) is 1.00. The van der Waals surface area contributed by atoms with Gasteiger partial charge in [-0.15, -0.1) is 0 Å². The summed E-state index contributed by atoms with van der Waals surface area (Å²) in [5, 5.41) is 0. The van der Waals surface area contributed by atoms with E-state index in [9.17, 15) is 0 Å². The predicted octanol–water partition coefficient (Wildman–Crippen LogP) is 3.24. The molecule has 0 amide bonds. The maximum atomic E-state index is 6.07. The molecule has 116 valence electrons. The molecule has 3 nitrogen and oxygen atoms in total. The first-order valence-corrected chi connectivity index (χ1v) is 8.02. The molecule has 0 aromatic carbocycles. The monoisotopic (exact) mass is 272 g/mol. The quantitative estimate of drug-likeness (QED) is 0.542. The Morgan fingerprint density at radius 1 is 0.789 bits per heavy atom. The van der Waals surface area contributed by atoms with E-state index in [0.29, 0.717) is 12.2 Å². The van der Waals surface area contributed by atoms with Gasteiger partial charge in [-0.3, -0.25) is 0 Å². The lowest BCUT2D eigenvalue weighted by molar-refractivity contribution is -0.0193. The smallest absolute Gasteiger partial charge is 0.0678 e. The summed E-state index contributed by atoms with van der Waals surface area (Å²) < 4.78 is 6.07. The van der Waals surface area contributed by atoms with Crippen molar-refractivity contribution in [2.24, 2.45) is 0 Å². The number of ether oxygens (including phenoxy) is 1. The SMILES string of the molecule is CCCCN(C)CC(C)OC(C)CN(C)CCCC. The van der Waals surface area contributed by atoms with Gasteiger partial charge in [0.15, 0.2) is 0 Å². The van der Waals surface area contributed by atoms with Crippen molar-refractivity contribution in [1.29, 1.82) is 0 Å². The first-order valence-electron chi connectivity index (χ1n) is 8.02. The van der Waals surface area contributed by atoms with Crippen LogP contribution < -0.4 is 0 Å². The normalized spacial score (nSPS) is 15.2. The van der Waals surface area contributed by atoms with Gasteiger partial charge in [0.2, 0.25) is 0 Å². The summed E-state index contributed by atoms with van der Waals surface area (Å²) in [6.07, 6.45) is 5.71. The second-order valence-corrected chi connectivity index (χ2v) is 5.99. The van der Waals surface area contributed by atoms with Crippen LogP contribution in [0.5, 0.6) is 0 Å². The van der Waals surface area contributed by atoms with Crippen molar-refractivity contribution in [1.82, 2.24) is 9.80 Å². The number of hydrogen-bond acceptors (Lipinski definition) is 3. The average molecular weight is 272 g/mol. The molecule has 0 aliphatic heterocycles. The third kappa shape index (κ3) is 11.4. The molecular formula is C16H36N2O. The van der Waals surface area contributed by atoms with Crippen LogP contribution in [0.1, 0.15) is 53.4 Å². The summed E-state index contributed by atoms with van der Waals surface area (Å²) in [5.41, 5.74) is 0. The van der Waals surface area contributed by atoms with Crippen molar-refractivity contribution >= 4 is 0 Å². The molecule has 0 bridgehead atoms. The number of likely N-dealkylation sites (N-methyl/N-ethyl adjacent to an activating group) is 2. The molecule has 2 unspecified atom stereocenters. The molecule has 3 heteroatoms. The van der Waals surface area contributed by atoms with Gasteiger partial charge >= 0.3 is 0 Å². The molecule has 2 atom stereocenters. The zero-order valence-electron chi connectivity index (χ0n) is 14.1. The van der Waals surface area contributed by atoms with E-state index < -0.39 is 0 Å². The highest BCUT2D eigenvalue weighted by atomic mass is 16.5. The van der Waals surface area contributed by atoms with Crippen LogP contribution in [-0.2, 0) is 4.74 Å². The summed E-state index contributed by atoms with van der Waals surface area (Å²) in [5.74, 6) is 0. The van der Waals surface area contributed by atoms with Gasteiger partial charge in [-0.1, -0.05) is 26.7 Å². The van der Waals surface area contributed by atoms with E-state index in [0.717, 1.165) is 13.1 Å². The summed E-state index contributed by atoms with van der Waals surface area (Å²) in [6.45, 7) is 13.3. The fourth-order valence-corrected chi connectivity index (χ4v) is 2.40. The van der Waals surface area contributed by atoms with Crippen LogP contribution in [0.4, 0.5) is 0 Å². The van der Waals surface area contributed by atoms with E-state index in [4.69, 9.17) is 4.74 Å². The standard InChI is InChI=1S/C16H36N2O/c1-7-9-11-17(5)13-15(3)19-16(4)14-18(6)12-10-8-2/h15-16H,7-14H2,1-6H3. The molecule has 0 aromatic heterocycles. The van der Waals surface area contributed by atoms with Crippen LogP contribution in [0.25, 0.3) is 0 Å². The number of unbranched alkanes of at least 4 members (excludes halogenated alkanes) is 2. The van der Waals surface area contributed by atoms with Gasteiger partial charge in [0.25, 0.3) is 0 Å². The lowest BCUT2D eigenvalue weighted by atomic mass is 10.3. The Kier molecular flexibility index (Phi) is 11.6. The van der Waals surface area contributed by atoms with Crippen LogP contribution in [0.3, 0.4) is 0 Å². The Bertz CT molecular complexity index is 179. The topological polar surface area (TPSA) is 15.7 Å². The highest BCUT2D eigenvalue weighted by Crippen LogP contribution is 2.03. The molecule has 0 aromatic rings. The summed E-state index contributed by atoms with van der Waals surface area (Å²) in [6, 6.07) is 0. The van der Waals surface area contributed by atoms with E-state index in [1.165, 1.54) is 38.8 Å². The minimum atomic E-state index is 0.316. The van der Waals surface area contributed by atoms with E-state index in [1.54, 1.807) is 0 Å². The van der Waals surface area contributed by atoms with E-state index in [-0.39, 0.29) is 0 Å². The van der Waals surface area contributed by atoms with Gasteiger partial charge < -0.3 is 14.5 Å². The molecule has 0 radical (unpaired) electrons. The Balaban J connectivity index is 3.75.